The van der Waals surface area contributed by atoms with Crippen molar-refractivity contribution in [2.75, 3.05) is 25.0 Å². The second kappa shape index (κ2) is 9.23. The number of carbonyl (C=O) groups is 1. The highest BCUT2D eigenvalue weighted by molar-refractivity contribution is 7.92. The molecule has 0 radical (unpaired) electrons. The minimum atomic E-state index is -3.82. The lowest BCUT2D eigenvalue weighted by molar-refractivity contribution is -0.120. The number of nitrogens with one attached hydrogen (secondary N) is 2. The summed E-state index contributed by atoms with van der Waals surface area (Å²) >= 11 is 11.7. The predicted octanol–water partition coefficient (Wildman–Crippen LogP) is 3.10. The predicted molar refractivity (Wildman–Crippen MR) is 102 cm³/mol. The molecule has 2 rings (SSSR count). The zero-order valence-electron chi connectivity index (χ0n) is 14.0. The van der Waals surface area contributed by atoms with E-state index in [1.54, 1.807) is 31.4 Å². The summed E-state index contributed by atoms with van der Waals surface area (Å²) in [5.41, 5.74) is 1.12. The van der Waals surface area contributed by atoms with Crippen LogP contribution >= 0.6 is 23.2 Å². The molecule has 0 aliphatic rings. The van der Waals surface area contributed by atoms with Gasteiger partial charge in [-0.2, -0.15) is 0 Å². The summed E-state index contributed by atoms with van der Waals surface area (Å²) in [7, 11) is -2.26. The number of rotatable bonds is 8. The van der Waals surface area contributed by atoms with Crippen LogP contribution in [0, 0.1) is 0 Å². The van der Waals surface area contributed by atoms with Crippen LogP contribution in [0.2, 0.25) is 10.0 Å². The quantitative estimate of drug-likeness (QED) is 0.647. The molecule has 0 unspecified atom stereocenters. The van der Waals surface area contributed by atoms with Gasteiger partial charge in [-0.05, 0) is 35.9 Å². The highest BCUT2D eigenvalue weighted by Crippen LogP contribution is 2.24. The number of carbonyl (C=O) groups excluding carboxylic acids is 1. The third-order valence-corrected chi connectivity index (χ3v) is 5.14. The maximum Gasteiger partial charge on any atom is 0.261 e. The first-order valence-electron chi connectivity index (χ1n) is 7.63. The summed E-state index contributed by atoms with van der Waals surface area (Å²) < 4.78 is 32.1. The first-order valence-corrected chi connectivity index (χ1v) is 9.87. The summed E-state index contributed by atoms with van der Waals surface area (Å²) in [5.74, 6) is -0.135. The summed E-state index contributed by atoms with van der Waals surface area (Å²) in [6.45, 7) is 0.884. The molecular formula is C17H18Cl2N2O4S. The van der Waals surface area contributed by atoms with Crippen LogP contribution in [-0.2, 0) is 26.0 Å². The largest absolute Gasteiger partial charge is 0.383 e. The Balaban J connectivity index is 2.03. The van der Waals surface area contributed by atoms with E-state index in [2.05, 4.69) is 10.0 Å². The SMILES string of the molecule is COCCNC(=O)Cc1ccc(NS(=O)(=O)c2cc(Cl)cc(Cl)c2)cc1. The molecule has 0 fully saturated rings. The van der Waals surface area contributed by atoms with E-state index < -0.39 is 10.0 Å². The van der Waals surface area contributed by atoms with Crippen molar-refractivity contribution in [2.45, 2.75) is 11.3 Å². The Morgan fingerprint density at radius 2 is 1.69 bits per heavy atom. The maximum absolute atomic E-state index is 12.4. The van der Waals surface area contributed by atoms with Gasteiger partial charge in [0.15, 0.2) is 0 Å². The van der Waals surface area contributed by atoms with Crippen LogP contribution in [0.3, 0.4) is 0 Å². The first-order chi connectivity index (χ1) is 12.3. The van der Waals surface area contributed by atoms with Gasteiger partial charge in [-0.3, -0.25) is 9.52 Å². The van der Waals surface area contributed by atoms with Gasteiger partial charge in [0.05, 0.1) is 17.9 Å². The Hall–Kier alpha value is -1.80. The molecule has 2 N–H and O–H groups in total. The van der Waals surface area contributed by atoms with Crippen molar-refractivity contribution in [2.24, 2.45) is 0 Å². The van der Waals surface area contributed by atoms with Gasteiger partial charge in [0, 0.05) is 29.4 Å². The van der Waals surface area contributed by atoms with Crippen molar-refractivity contribution < 1.29 is 17.9 Å². The number of ether oxygens (including phenoxy) is 1. The molecular weight excluding hydrogens is 399 g/mol. The highest BCUT2D eigenvalue weighted by Gasteiger charge is 2.16. The van der Waals surface area contributed by atoms with Gasteiger partial charge in [0.1, 0.15) is 0 Å². The molecule has 0 spiro atoms. The number of anilines is 1. The summed E-state index contributed by atoms with van der Waals surface area (Å²) in [5, 5.41) is 3.18. The van der Waals surface area contributed by atoms with Crippen molar-refractivity contribution in [3.63, 3.8) is 0 Å². The maximum atomic E-state index is 12.4. The van der Waals surface area contributed by atoms with Crippen LogP contribution in [0.1, 0.15) is 5.56 Å². The van der Waals surface area contributed by atoms with Crippen molar-refractivity contribution >= 4 is 44.8 Å². The Kier molecular flexibility index (Phi) is 7.28. The van der Waals surface area contributed by atoms with Gasteiger partial charge in [-0.1, -0.05) is 35.3 Å². The second-order valence-corrected chi connectivity index (χ2v) is 7.98. The fraction of sp³-hybridized carbons (Fsp3) is 0.235. The fourth-order valence-electron chi connectivity index (χ4n) is 2.13. The smallest absolute Gasteiger partial charge is 0.261 e. The first kappa shape index (κ1) is 20.5. The number of benzene rings is 2. The minimum Gasteiger partial charge on any atom is -0.383 e. The van der Waals surface area contributed by atoms with Gasteiger partial charge in [-0.25, -0.2) is 8.42 Å². The van der Waals surface area contributed by atoms with Crippen molar-refractivity contribution in [3.05, 3.63) is 58.1 Å². The van der Waals surface area contributed by atoms with Crippen molar-refractivity contribution in [1.82, 2.24) is 5.32 Å². The molecule has 0 aliphatic heterocycles. The third-order valence-electron chi connectivity index (χ3n) is 3.35. The topological polar surface area (TPSA) is 84.5 Å². The Labute approximate surface area is 162 Å². The van der Waals surface area contributed by atoms with E-state index in [1.807, 2.05) is 0 Å². The van der Waals surface area contributed by atoms with Crippen LogP contribution in [-0.4, -0.2) is 34.6 Å². The molecule has 0 aromatic heterocycles. The zero-order chi connectivity index (χ0) is 19.2. The minimum absolute atomic E-state index is 0.0309. The second-order valence-electron chi connectivity index (χ2n) is 5.43. The van der Waals surface area contributed by atoms with E-state index in [0.717, 1.165) is 5.56 Å². The fourth-order valence-corrected chi connectivity index (χ4v) is 3.91. The molecule has 0 heterocycles. The molecule has 2 aromatic rings. The Morgan fingerprint density at radius 3 is 2.27 bits per heavy atom. The van der Waals surface area contributed by atoms with Crippen LogP contribution < -0.4 is 10.0 Å². The molecule has 140 valence electrons. The Bertz CT molecular complexity index is 851. The molecule has 2 aromatic carbocycles. The van der Waals surface area contributed by atoms with Gasteiger partial charge in [0.25, 0.3) is 10.0 Å². The number of methoxy groups -OCH3 is 1. The van der Waals surface area contributed by atoms with E-state index in [0.29, 0.717) is 18.8 Å². The molecule has 0 saturated heterocycles. The average molecular weight is 417 g/mol. The number of amides is 1. The lowest BCUT2D eigenvalue weighted by Gasteiger charge is -2.10. The number of sulfonamides is 1. The Morgan fingerprint density at radius 1 is 1.08 bits per heavy atom. The number of halogens is 2. The summed E-state index contributed by atoms with van der Waals surface area (Å²) in [6, 6.07) is 10.6. The molecule has 1 amide bonds. The van der Waals surface area contributed by atoms with E-state index >= 15 is 0 Å². The van der Waals surface area contributed by atoms with Crippen LogP contribution in [0.5, 0.6) is 0 Å². The van der Waals surface area contributed by atoms with E-state index in [-0.39, 0.29) is 27.3 Å². The monoisotopic (exact) mass is 416 g/mol. The van der Waals surface area contributed by atoms with Gasteiger partial charge in [-0.15, -0.1) is 0 Å². The molecule has 0 saturated carbocycles. The normalized spacial score (nSPS) is 11.2. The summed E-state index contributed by atoms with van der Waals surface area (Å²) in [6.07, 6.45) is 0.195. The van der Waals surface area contributed by atoms with Crippen LogP contribution in [0.4, 0.5) is 5.69 Å². The lowest BCUT2D eigenvalue weighted by atomic mass is 10.1. The molecule has 0 aliphatic carbocycles. The molecule has 0 atom stereocenters. The van der Waals surface area contributed by atoms with Gasteiger partial charge < -0.3 is 10.1 Å². The molecule has 0 bridgehead atoms. The van der Waals surface area contributed by atoms with E-state index in [1.165, 1.54) is 18.2 Å². The summed E-state index contributed by atoms with van der Waals surface area (Å²) in [4.78, 5) is 11.7. The van der Waals surface area contributed by atoms with E-state index in [4.69, 9.17) is 27.9 Å². The van der Waals surface area contributed by atoms with Gasteiger partial charge >= 0.3 is 0 Å². The number of hydrogen-bond acceptors (Lipinski definition) is 4. The zero-order valence-corrected chi connectivity index (χ0v) is 16.3. The molecule has 6 nitrogen and oxygen atoms in total. The molecule has 26 heavy (non-hydrogen) atoms. The van der Waals surface area contributed by atoms with Crippen molar-refractivity contribution in [1.29, 1.82) is 0 Å². The van der Waals surface area contributed by atoms with Gasteiger partial charge in [0.2, 0.25) is 5.91 Å². The lowest BCUT2D eigenvalue weighted by Crippen LogP contribution is -2.28. The standard InChI is InChI=1S/C17H18Cl2N2O4S/c1-25-7-6-20-17(22)8-12-2-4-15(5-3-12)21-26(23,24)16-10-13(18)9-14(19)11-16/h2-5,9-11,21H,6-8H2,1H3,(H,20,22). The third kappa shape index (κ3) is 6.17. The van der Waals surface area contributed by atoms with Crippen molar-refractivity contribution in [3.8, 4) is 0 Å². The highest BCUT2D eigenvalue weighted by atomic mass is 35.5. The average Bonchev–Trinajstić information content (AvgIpc) is 2.56. The van der Waals surface area contributed by atoms with Crippen LogP contribution in [0.25, 0.3) is 0 Å². The number of hydrogen-bond donors (Lipinski definition) is 2. The molecule has 9 heteroatoms. The van der Waals surface area contributed by atoms with Crippen LogP contribution in [0.15, 0.2) is 47.4 Å². The van der Waals surface area contributed by atoms with E-state index in [9.17, 15) is 13.2 Å².